The molecule has 2 atom stereocenters. The molecule has 0 aromatic rings. The van der Waals surface area contributed by atoms with E-state index in [2.05, 4.69) is 32.6 Å². The summed E-state index contributed by atoms with van der Waals surface area (Å²) in [6, 6.07) is 0.376. The predicted octanol–water partition coefficient (Wildman–Crippen LogP) is 2.87. The van der Waals surface area contributed by atoms with Crippen LogP contribution in [0.2, 0.25) is 0 Å². The zero-order chi connectivity index (χ0) is 12.2. The van der Waals surface area contributed by atoms with Crippen molar-refractivity contribution < 1.29 is 0 Å². The van der Waals surface area contributed by atoms with Crippen LogP contribution in [0.3, 0.4) is 0 Å². The Morgan fingerprint density at radius 3 is 2.56 bits per heavy atom. The molecule has 1 saturated heterocycles. The molecule has 1 fully saturated rings. The largest absolute Gasteiger partial charge is 0.328 e. The molecule has 1 aliphatic rings. The first-order chi connectivity index (χ1) is 7.40. The van der Waals surface area contributed by atoms with Gasteiger partial charge in [0, 0.05) is 12.6 Å². The van der Waals surface area contributed by atoms with Gasteiger partial charge in [0.15, 0.2) is 0 Å². The van der Waals surface area contributed by atoms with E-state index in [1.165, 1.54) is 32.5 Å². The summed E-state index contributed by atoms with van der Waals surface area (Å²) in [6.07, 6.45) is 5.03. The molecule has 0 saturated carbocycles. The molecule has 2 nitrogen and oxygen atoms in total. The average molecular weight is 226 g/mol. The van der Waals surface area contributed by atoms with Crippen LogP contribution < -0.4 is 5.73 Å². The van der Waals surface area contributed by atoms with E-state index in [0.29, 0.717) is 11.5 Å². The highest BCUT2D eigenvalue weighted by molar-refractivity contribution is 4.77. The molecule has 96 valence electrons. The zero-order valence-electron chi connectivity index (χ0n) is 11.6. The SMILES string of the molecule is CCC1CCN(CCC(N)CC(C)(C)C)C1. The third-order valence-corrected chi connectivity index (χ3v) is 3.64. The number of hydrogen-bond donors (Lipinski definition) is 1. The van der Waals surface area contributed by atoms with E-state index in [-0.39, 0.29) is 0 Å². The summed E-state index contributed by atoms with van der Waals surface area (Å²) in [7, 11) is 0. The zero-order valence-corrected chi connectivity index (χ0v) is 11.6. The molecule has 0 amide bonds. The van der Waals surface area contributed by atoms with Gasteiger partial charge >= 0.3 is 0 Å². The number of likely N-dealkylation sites (tertiary alicyclic amines) is 1. The van der Waals surface area contributed by atoms with Gasteiger partial charge < -0.3 is 10.6 Å². The Balaban J connectivity index is 2.15. The molecule has 0 aliphatic carbocycles. The van der Waals surface area contributed by atoms with Crippen LogP contribution in [0.15, 0.2) is 0 Å². The van der Waals surface area contributed by atoms with E-state index in [4.69, 9.17) is 5.73 Å². The Morgan fingerprint density at radius 1 is 1.38 bits per heavy atom. The van der Waals surface area contributed by atoms with Crippen molar-refractivity contribution in [2.24, 2.45) is 17.1 Å². The maximum atomic E-state index is 6.18. The van der Waals surface area contributed by atoms with Crippen LogP contribution in [0.5, 0.6) is 0 Å². The highest BCUT2D eigenvalue weighted by Gasteiger charge is 2.22. The van der Waals surface area contributed by atoms with Crippen molar-refractivity contribution in [3.05, 3.63) is 0 Å². The van der Waals surface area contributed by atoms with Crippen LogP contribution >= 0.6 is 0 Å². The minimum Gasteiger partial charge on any atom is -0.328 e. The van der Waals surface area contributed by atoms with Gasteiger partial charge in [-0.1, -0.05) is 34.1 Å². The number of hydrogen-bond acceptors (Lipinski definition) is 2. The second-order valence-corrected chi connectivity index (χ2v) is 6.68. The quantitative estimate of drug-likeness (QED) is 0.781. The molecule has 1 aliphatic heterocycles. The van der Waals surface area contributed by atoms with Crippen LogP contribution in [-0.2, 0) is 0 Å². The minimum absolute atomic E-state index is 0.371. The van der Waals surface area contributed by atoms with Crippen molar-refractivity contribution in [1.82, 2.24) is 4.90 Å². The predicted molar refractivity (Wildman–Crippen MR) is 71.5 cm³/mol. The number of nitrogens with two attached hydrogens (primary N) is 1. The Kier molecular flexibility index (Phi) is 5.26. The van der Waals surface area contributed by atoms with Crippen LogP contribution in [0.4, 0.5) is 0 Å². The summed E-state index contributed by atoms with van der Waals surface area (Å²) in [5.41, 5.74) is 6.55. The average Bonchev–Trinajstić information content (AvgIpc) is 2.59. The monoisotopic (exact) mass is 226 g/mol. The van der Waals surface area contributed by atoms with Gasteiger partial charge in [0.1, 0.15) is 0 Å². The summed E-state index contributed by atoms with van der Waals surface area (Å²) in [6.45, 7) is 12.9. The topological polar surface area (TPSA) is 29.3 Å². The third-order valence-electron chi connectivity index (χ3n) is 3.64. The first kappa shape index (κ1) is 14.0. The van der Waals surface area contributed by atoms with Crippen molar-refractivity contribution in [1.29, 1.82) is 0 Å². The van der Waals surface area contributed by atoms with Gasteiger partial charge in [0.05, 0.1) is 0 Å². The van der Waals surface area contributed by atoms with Gasteiger partial charge in [-0.2, -0.15) is 0 Å². The summed E-state index contributed by atoms with van der Waals surface area (Å²) >= 11 is 0. The van der Waals surface area contributed by atoms with E-state index >= 15 is 0 Å². The van der Waals surface area contributed by atoms with Crippen LogP contribution in [0, 0.1) is 11.3 Å². The van der Waals surface area contributed by atoms with Crippen molar-refractivity contribution >= 4 is 0 Å². The molecule has 0 bridgehead atoms. The van der Waals surface area contributed by atoms with Gasteiger partial charge in [-0.05, 0) is 43.7 Å². The smallest absolute Gasteiger partial charge is 0.00559 e. The lowest BCUT2D eigenvalue weighted by Gasteiger charge is -2.25. The first-order valence-electron chi connectivity index (χ1n) is 6.88. The van der Waals surface area contributed by atoms with E-state index < -0.39 is 0 Å². The van der Waals surface area contributed by atoms with Gasteiger partial charge in [-0.3, -0.25) is 0 Å². The van der Waals surface area contributed by atoms with E-state index in [0.717, 1.165) is 18.8 Å². The van der Waals surface area contributed by atoms with E-state index in [9.17, 15) is 0 Å². The van der Waals surface area contributed by atoms with Gasteiger partial charge in [-0.15, -0.1) is 0 Å². The lowest BCUT2D eigenvalue weighted by Crippen LogP contribution is -2.32. The molecular weight excluding hydrogens is 196 g/mol. The second-order valence-electron chi connectivity index (χ2n) is 6.68. The fourth-order valence-electron chi connectivity index (χ4n) is 2.69. The van der Waals surface area contributed by atoms with Crippen LogP contribution in [0.25, 0.3) is 0 Å². The van der Waals surface area contributed by atoms with Crippen molar-refractivity contribution in [2.45, 2.75) is 59.4 Å². The van der Waals surface area contributed by atoms with Crippen molar-refractivity contribution in [3.8, 4) is 0 Å². The second kappa shape index (κ2) is 6.02. The molecule has 0 aromatic carbocycles. The molecule has 1 rings (SSSR count). The molecule has 16 heavy (non-hydrogen) atoms. The summed E-state index contributed by atoms with van der Waals surface area (Å²) in [5.74, 6) is 0.943. The molecule has 1 heterocycles. The Hall–Kier alpha value is -0.0800. The summed E-state index contributed by atoms with van der Waals surface area (Å²) in [5, 5.41) is 0. The van der Waals surface area contributed by atoms with Gasteiger partial charge in [-0.25, -0.2) is 0 Å². The standard InChI is InChI=1S/C14H30N2/c1-5-12-6-8-16(11-12)9-7-13(15)10-14(2,3)4/h12-13H,5-11,15H2,1-4H3. The molecular formula is C14H30N2. The Morgan fingerprint density at radius 2 is 2.06 bits per heavy atom. The molecule has 2 unspecified atom stereocenters. The van der Waals surface area contributed by atoms with Gasteiger partial charge in [0.25, 0.3) is 0 Å². The Labute approximate surface area is 102 Å². The summed E-state index contributed by atoms with van der Waals surface area (Å²) < 4.78 is 0. The highest BCUT2D eigenvalue weighted by Crippen LogP contribution is 2.23. The lowest BCUT2D eigenvalue weighted by molar-refractivity contribution is 0.277. The fraction of sp³-hybridized carbons (Fsp3) is 1.00. The molecule has 2 N–H and O–H groups in total. The van der Waals surface area contributed by atoms with Crippen molar-refractivity contribution in [2.75, 3.05) is 19.6 Å². The first-order valence-corrected chi connectivity index (χ1v) is 6.88. The Bertz CT molecular complexity index is 195. The maximum absolute atomic E-state index is 6.18. The van der Waals surface area contributed by atoms with Crippen molar-refractivity contribution in [3.63, 3.8) is 0 Å². The third kappa shape index (κ3) is 5.31. The summed E-state index contributed by atoms with van der Waals surface area (Å²) in [4.78, 5) is 2.59. The minimum atomic E-state index is 0.371. The molecule has 0 spiro atoms. The molecule has 0 radical (unpaired) electrons. The number of nitrogens with zero attached hydrogens (tertiary/aromatic N) is 1. The van der Waals surface area contributed by atoms with Crippen LogP contribution in [-0.4, -0.2) is 30.6 Å². The highest BCUT2D eigenvalue weighted by atomic mass is 15.1. The van der Waals surface area contributed by atoms with E-state index in [1.807, 2.05) is 0 Å². The molecule has 0 aromatic heterocycles. The maximum Gasteiger partial charge on any atom is 0.00559 e. The molecule has 2 heteroatoms. The van der Waals surface area contributed by atoms with Crippen LogP contribution in [0.1, 0.15) is 53.4 Å². The lowest BCUT2D eigenvalue weighted by atomic mass is 9.87. The van der Waals surface area contributed by atoms with E-state index in [1.54, 1.807) is 0 Å². The normalized spacial score (nSPS) is 24.9. The fourth-order valence-corrected chi connectivity index (χ4v) is 2.69. The number of rotatable bonds is 5. The van der Waals surface area contributed by atoms with Gasteiger partial charge in [0.2, 0.25) is 0 Å².